The molecule has 0 aromatic carbocycles. The Hall–Kier alpha value is -0.920. The van der Waals surface area contributed by atoms with Crippen LogP contribution in [0.3, 0.4) is 0 Å². The Morgan fingerprint density at radius 3 is 2.31 bits per heavy atom. The minimum atomic E-state index is 1.14. The van der Waals surface area contributed by atoms with Gasteiger partial charge in [-0.05, 0) is 19.8 Å². The minimum Gasteiger partial charge on any atom is -0.293 e. The van der Waals surface area contributed by atoms with Gasteiger partial charge in [-0.3, -0.25) is 4.99 Å². The van der Waals surface area contributed by atoms with Crippen molar-refractivity contribution < 1.29 is 4.58 Å². The molecule has 0 bridgehead atoms. The molecular weight excluding hydrogens is 196 g/mol. The molecule has 0 atom stereocenters. The summed E-state index contributed by atoms with van der Waals surface area (Å²) in [5.74, 6) is 0. The lowest BCUT2D eigenvalue weighted by Gasteiger charge is -2.08. The molecule has 0 heterocycles. The van der Waals surface area contributed by atoms with Gasteiger partial charge in [0.1, 0.15) is 13.3 Å². The van der Waals surface area contributed by atoms with Crippen LogP contribution in [0.15, 0.2) is 16.3 Å². The fourth-order valence-corrected chi connectivity index (χ4v) is 1.72. The molecule has 0 amide bonds. The summed E-state index contributed by atoms with van der Waals surface area (Å²) in [6, 6.07) is 0. The highest BCUT2D eigenvalue weighted by Crippen LogP contribution is 2.15. The molecule has 0 radical (unpaired) electrons. The van der Waals surface area contributed by atoms with Crippen LogP contribution in [-0.4, -0.2) is 30.6 Å². The maximum atomic E-state index is 4.32. The van der Waals surface area contributed by atoms with Gasteiger partial charge >= 0.3 is 0 Å². The second kappa shape index (κ2) is 8.26. The van der Waals surface area contributed by atoms with Crippen LogP contribution in [0.1, 0.15) is 53.4 Å². The van der Waals surface area contributed by atoms with Crippen molar-refractivity contribution in [1.29, 1.82) is 0 Å². The van der Waals surface area contributed by atoms with E-state index in [1.165, 1.54) is 36.2 Å². The van der Waals surface area contributed by atoms with Crippen molar-refractivity contribution in [3.63, 3.8) is 0 Å². The Balaban J connectivity index is 4.93. The first kappa shape index (κ1) is 15.1. The summed E-state index contributed by atoms with van der Waals surface area (Å²) in [7, 11) is 3.97. The molecule has 0 aromatic heterocycles. The largest absolute Gasteiger partial charge is 0.293 e. The number of rotatable bonds is 6. The molecule has 0 spiro atoms. The van der Waals surface area contributed by atoms with Gasteiger partial charge in [0.25, 0.3) is 0 Å². The van der Waals surface area contributed by atoms with Crippen LogP contribution in [0, 0.1) is 0 Å². The highest BCUT2D eigenvalue weighted by atomic mass is 15.0. The monoisotopic (exact) mass is 223 g/mol. The van der Waals surface area contributed by atoms with Crippen LogP contribution in [-0.2, 0) is 0 Å². The Morgan fingerprint density at radius 2 is 1.88 bits per heavy atom. The van der Waals surface area contributed by atoms with Gasteiger partial charge in [-0.15, -0.1) is 0 Å². The number of aliphatic imine (C=N–C) groups is 1. The van der Waals surface area contributed by atoms with E-state index >= 15 is 0 Å². The van der Waals surface area contributed by atoms with Gasteiger partial charge in [0.05, 0.1) is 0 Å². The molecule has 0 N–H and O–H groups in total. The lowest BCUT2D eigenvalue weighted by Crippen LogP contribution is -2.10. The van der Waals surface area contributed by atoms with Crippen molar-refractivity contribution in [2.45, 2.75) is 53.4 Å². The zero-order valence-electron chi connectivity index (χ0n) is 11.8. The first-order valence-corrected chi connectivity index (χ1v) is 6.24. The third-order valence-electron chi connectivity index (χ3n) is 3.16. The average molecular weight is 223 g/mol. The van der Waals surface area contributed by atoms with Crippen LogP contribution < -0.4 is 0 Å². The lowest BCUT2D eigenvalue weighted by atomic mass is 10.0. The topological polar surface area (TPSA) is 15.4 Å². The number of nitrogens with zero attached hydrogens (tertiary/aromatic N) is 2. The van der Waals surface area contributed by atoms with Crippen LogP contribution in [0.2, 0.25) is 0 Å². The number of allylic oxidation sites excluding steroid dienone is 2. The van der Waals surface area contributed by atoms with Gasteiger partial charge in [-0.2, -0.15) is 0 Å². The Kier molecular flexibility index (Phi) is 7.78. The van der Waals surface area contributed by atoms with Crippen molar-refractivity contribution in [3.05, 3.63) is 11.3 Å². The molecule has 0 saturated carbocycles. The van der Waals surface area contributed by atoms with E-state index in [0.717, 1.165) is 6.42 Å². The van der Waals surface area contributed by atoms with Crippen LogP contribution in [0.4, 0.5) is 0 Å². The minimum absolute atomic E-state index is 1.14. The summed E-state index contributed by atoms with van der Waals surface area (Å²) in [4.78, 5) is 4.32. The second-order valence-corrected chi connectivity index (χ2v) is 4.20. The summed E-state index contributed by atoms with van der Waals surface area (Å²) >= 11 is 0. The van der Waals surface area contributed by atoms with E-state index in [0.29, 0.717) is 0 Å². The number of unbranched alkanes of at least 4 members (excludes halogenated alkanes) is 2. The molecule has 0 saturated heterocycles. The van der Waals surface area contributed by atoms with Crippen molar-refractivity contribution in [2.75, 3.05) is 14.1 Å². The summed E-state index contributed by atoms with van der Waals surface area (Å²) in [6.45, 7) is 8.58. The van der Waals surface area contributed by atoms with Gasteiger partial charge in [-0.25, -0.2) is 4.58 Å². The molecule has 0 aliphatic carbocycles. The lowest BCUT2D eigenvalue weighted by molar-refractivity contribution is -0.439. The highest BCUT2D eigenvalue weighted by molar-refractivity contribution is 5.98. The molecule has 0 rings (SSSR count). The van der Waals surface area contributed by atoms with Crippen molar-refractivity contribution in [3.8, 4) is 0 Å². The van der Waals surface area contributed by atoms with Crippen LogP contribution >= 0.6 is 0 Å². The zero-order chi connectivity index (χ0) is 12.6. The molecule has 2 nitrogen and oxygen atoms in total. The smallest absolute Gasteiger partial charge is 0.182 e. The molecule has 16 heavy (non-hydrogen) atoms. The average Bonchev–Trinajstić information content (AvgIpc) is 2.32. The van der Waals surface area contributed by atoms with Crippen LogP contribution in [0.5, 0.6) is 0 Å². The predicted molar refractivity (Wildman–Crippen MR) is 73.8 cm³/mol. The fourth-order valence-electron chi connectivity index (χ4n) is 1.72. The van der Waals surface area contributed by atoms with E-state index in [1.807, 2.05) is 7.05 Å². The first-order valence-electron chi connectivity index (χ1n) is 6.24. The molecule has 0 aliphatic heterocycles. The Morgan fingerprint density at radius 1 is 1.25 bits per heavy atom. The summed E-state index contributed by atoms with van der Waals surface area (Å²) in [5, 5.41) is 0. The normalized spacial score (nSPS) is 15.1. The van der Waals surface area contributed by atoms with Crippen molar-refractivity contribution in [2.24, 2.45) is 4.99 Å². The third-order valence-corrected chi connectivity index (χ3v) is 3.16. The van der Waals surface area contributed by atoms with Gasteiger partial charge in [0.15, 0.2) is 5.70 Å². The van der Waals surface area contributed by atoms with Crippen molar-refractivity contribution >= 4 is 11.9 Å². The Labute approximate surface area is 101 Å². The standard InChI is InChI=1S/C14H27N2/c1-7-9-10-11-14(12(3)15-5)13(4)16(6)8-2/h8H,7,9-11H2,1-6H3/q+1. The second-order valence-electron chi connectivity index (χ2n) is 4.20. The van der Waals surface area contributed by atoms with E-state index in [2.05, 4.69) is 50.5 Å². The van der Waals surface area contributed by atoms with Crippen molar-refractivity contribution in [1.82, 2.24) is 0 Å². The molecule has 0 aliphatic rings. The maximum Gasteiger partial charge on any atom is 0.182 e. The summed E-state index contributed by atoms with van der Waals surface area (Å²) in [6.07, 6.45) is 7.06. The predicted octanol–water partition coefficient (Wildman–Crippen LogP) is 3.66. The van der Waals surface area contributed by atoms with Crippen LogP contribution in [0.25, 0.3) is 0 Å². The van der Waals surface area contributed by atoms with E-state index in [4.69, 9.17) is 0 Å². The van der Waals surface area contributed by atoms with Gasteiger partial charge in [0.2, 0.25) is 0 Å². The third kappa shape index (κ3) is 4.73. The SMILES string of the molecule is CC=[N+](C)C(C)=C(CCCCC)C(C)=NC. The molecule has 0 aromatic rings. The molecule has 0 fully saturated rings. The Bertz CT molecular complexity index is 296. The summed E-state index contributed by atoms with van der Waals surface area (Å²) < 4.78 is 2.18. The van der Waals surface area contributed by atoms with E-state index in [-0.39, 0.29) is 0 Å². The number of hydrogen-bond donors (Lipinski definition) is 0. The quantitative estimate of drug-likeness (QED) is 0.371. The van der Waals surface area contributed by atoms with E-state index in [9.17, 15) is 0 Å². The highest BCUT2D eigenvalue weighted by Gasteiger charge is 2.12. The fraction of sp³-hybridized carbons (Fsp3) is 0.714. The molecular formula is C14H27N2+. The van der Waals surface area contributed by atoms with E-state index < -0.39 is 0 Å². The number of hydrogen-bond acceptors (Lipinski definition) is 1. The first-order chi connectivity index (χ1) is 7.58. The molecule has 0 unspecified atom stereocenters. The molecule has 92 valence electrons. The van der Waals surface area contributed by atoms with E-state index in [1.54, 1.807) is 0 Å². The molecule has 2 heteroatoms. The summed E-state index contributed by atoms with van der Waals surface area (Å²) in [5.41, 5.74) is 3.89. The van der Waals surface area contributed by atoms with Gasteiger partial charge < -0.3 is 0 Å². The maximum absolute atomic E-state index is 4.32. The van der Waals surface area contributed by atoms with Gasteiger partial charge in [0, 0.05) is 32.2 Å². The van der Waals surface area contributed by atoms with Gasteiger partial charge in [-0.1, -0.05) is 19.8 Å². The zero-order valence-corrected chi connectivity index (χ0v) is 11.8.